The third kappa shape index (κ3) is 11.1. The van der Waals surface area contributed by atoms with Crippen LogP contribution in [0.5, 0.6) is 5.75 Å². The van der Waals surface area contributed by atoms with Crippen molar-refractivity contribution in [1.29, 1.82) is 0 Å². The summed E-state index contributed by atoms with van der Waals surface area (Å²) in [6, 6.07) is 24.8. The predicted molar refractivity (Wildman–Crippen MR) is 183 cm³/mol. The number of hydrazone groups is 1. The van der Waals surface area contributed by atoms with Crippen LogP contribution in [0.1, 0.15) is 27.8 Å². The number of hydrogen-bond acceptors (Lipinski definition) is 7. The number of halogens is 3. The third-order valence-corrected chi connectivity index (χ3v) is 8.50. The number of alkyl halides is 3. The number of ether oxygens (including phenoxy) is 1. The van der Waals surface area contributed by atoms with Crippen LogP contribution in [0.25, 0.3) is 0 Å². The summed E-state index contributed by atoms with van der Waals surface area (Å²) in [4.78, 5) is 13.3. The molecule has 4 aromatic carbocycles. The van der Waals surface area contributed by atoms with Crippen molar-refractivity contribution in [3.8, 4) is 5.75 Å². The number of aryl methyl sites for hydroxylation is 2. The van der Waals surface area contributed by atoms with Crippen LogP contribution in [0.15, 0.2) is 116 Å². The highest BCUT2D eigenvalue weighted by molar-refractivity contribution is 8.13. The van der Waals surface area contributed by atoms with Crippen LogP contribution in [0.4, 0.5) is 24.5 Å². The number of nitrogens with two attached hydrogens (primary N) is 1. The molecule has 0 bridgehead atoms. The molecule has 47 heavy (non-hydrogen) atoms. The second-order valence-corrected chi connectivity index (χ2v) is 13.1. The van der Waals surface area contributed by atoms with Crippen LogP contribution in [-0.2, 0) is 15.6 Å². The highest BCUT2D eigenvalue weighted by atomic mass is 32.2. The number of thioether (sulfide) groups is 1. The second-order valence-electron chi connectivity index (χ2n) is 10.2. The molecule has 0 aliphatic carbocycles. The van der Waals surface area contributed by atoms with Crippen LogP contribution < -0.4 is 15.9 Å². The largest absolute Gasteiger partial charge is 0.573 e. The molecule has 0 amide bonds. The van der Waals surface area contributed by atoms with E-state index in [-0.39, 0.29) is 16.5 Å². The molecule has 0 heterocycles. The Bertz CT molecular complexity index is 1890. The minimum Gasteiger partial charge on any atom is -0.406 e. The second kappa shape index (κ2) is 15.6. The minimum absolute atomic E-state index is 0.191. The lowest BCUT2D eigenvalue weighted by atomic mass is 10.1. The first kappa shape index (κ1) is 34.9. The van der Waals surface area contributed by atoms with Crippen molar-refractivity contribution in [2.24, 2.45) is 25.8 Å². The summed E-state index contributed by atoms with van der Waals surface area (Å²) in [5.41, 5.74) is 14.7. The molecule has 9 nitrogen and oxygen atoms in total. The molecule has 4 aromatic rings. The summed E-state index contributed by atoms with van der Waals surface area (Å²) in [6.45, 7) is 3.97. The van der Waals surface area contributed by atoms with E-state index in [4.69, 9.17) is 10.7 Å². The van der Waals surface area contributed by atoms with E-state index in [1.807, 2.05) is 32.0 Å². The molecule has 244 valence electrons. The number of aliphatic imine (C=N–C) groups is 3. The molecule has 0 aliphatic heterocycles. The fourth-order valence-corrected chi connectivity index (χ4v) is 5.43. The van der Waals surface area contributed by atoms with E-state index in [1.54, 1.807) is 54.7 Å². The van der Waals surface area contributed by atoms with Gasteiger partial charge in [0.25, 0.3) is 0 Å². The number of nitrogens with one attached hydrogen (secondary N) is 1. The Kier molecular flexibility index (Phi) is 11.6. The van der Waals surface area contributed by atoms with Crippen molar-refractivity contribution >= 4 is 56.5 Å². The third-order valence-electron chi connectivity index (χ3n) is 6.43. The summed E-state index contributed by atoms with van der Waals surface area (Å²) in [5, 5.41) is 4.94. The average Bonchev–Trinajstić information content (AvgIpc) is 3.01. The first-order valence-electron chi connectivity index (χ1n) is 13.9. The molecule has 0 aromatic heterocycles. The maximum Gasteiger partial charge on any atom is 0.573 e. The zero-order valence-corrected chi connectivity index (χ0v) is 27.2. The molecule has 4 rings (SSSR count). The van der Waals surface area contributed by atoms with Gasteiger partial charge in [0.1, 0.15) is 17.9 Å². The monoisotopic (exact) mass is 680 g/mol. The smallest absolute Gasteiger partial charge is 0.406 e. The molecule has 0 radical (unpaired) electrons. The summed E-state index contributed by atoms with van der Waals surface area (Å²) >= 11 is 1.43. The van der Waals surface area contributed by atoms with E-state index in [1.165, 1.54) is 36.5 Å². The van der Waals surface area contributed by atoms with E-state index in [9.17, 15) is 21.6 Å². The Morgan fingerprint density at radius 2 is 1.57 bits per heavy atom. The summed E-state index contributed by atoms with van der Waals surface area (Å²) in [5.74, 6) is 0.377. The van der Waals surface area contributed by atoms with Gasteiger partial charge in [0.05, 0.1) is 22.5 Å². The van der Waals surface area contributed by atoms with Crippen molar-refractivity contribution in [1.82, 2.24) is 5.43 Å². The lowest BCUT2D eigenvalue weighted by Gasteiger charge is -2.09. The van der Waals surface area contributed by atoms with Gasteiger partial charge in [0.15, 0.2) is 15.0 Å². The van der Waals surface area contributed by atoms with Crippen LogP contribution >= 0.6 is 11.8 Å². The van der Waals surface area contributed by atoms with Crippen LogP contribution in [0.3, 0.4) is 0 Å². The maximum absolute atomic E-state index is 12.3. The lowest BCUT2D eigenvalue weighted by molar-refractivity contribution is -0.274. The van der Waals surface area contributed by atoms with Gasteiger partial charge in [-0.2, -0.15) is 5.10 Å². The molecular formula is C33H31F3N6O3S2. The van der Waals surface area contributed by atoms with E-state index < -0.39 is 16.2 Å². The molecule has 3 N–H and O–H groups in total. The van der Waals surface area contributed by atoms with Gasteiger partial charge in [-0.15, -0.1) is 13.2 Å². The molecular weight excluding hydrogens is 650 g/mol. The quantitative estimate of drug-likeness (QED) is 0.103. The summed E-state index contributed by atoms with van der Waals surface area (Å²) in [7, 11) is -3.28. The van der Waals surface area contributed by atoms with Gasteiger partial charge in [-0.05, 0) is 72.5 Å². The van der Waals surface area contributed by atoms with Crippen molar-refractivity contribution in [2.45, 2.75) is 30.9 Å². The number of para-hydroxylation sites is 1. The number of rotatable bonds is 10. The van der Waals surface area contributed by atoms with Crippen molar-refractivity contribution in [3.63, 3.8) is 0 Å². The van der Waals surface area contributed by atoms with Gasteiger partial charge in [-0.25, -0.2) is 23.4 Å². The topological polar surface area (TPSA) is 131 Å². The highest BCUT2D eigenvalue weighted by Crippen LogP contribution is 2.26. The molecule has 14 heteroatoms. The Morgan fingerprint density at radius 3 is 2.17 bits per heavy atom. The van der Waals surface area contributed by atoms with E-state index in [0.717, 1.165) is 40.1 Å². The van der Waals surface area contributed by atoms with Gasteiger partial charge in [-0.3, -0.25) is 5.43 Å². The molecule has 0 unspecified atom stereocenters. The van der Waals surface area contributed by atoms with Gasteiger partial charge >= 0.3 is 6.36 Å². The van der Waals surface area contributed by atoms with Crippen LogP contribution in [0.2, 0.25) is 0 Å². The fraction of sp³-hybridized carbons (Fsp3) is 0.152. The van der Waals surface area contributed by atoms with Crippen molar-refractivity contribution < 1.29 is 26.3 Å². The van der Waals surface area contributed by atoms with Gasteiger partial charge in [-0.1, -0.05) is 66.4 Å². The Labute approximate surface area is 275 Å². The zero-order chi connectivity index (χ0) is 34.0. The molecule has 0 spiro atoms. The van der Waals surface area contributed by atoms with Gasteiger partial charge in [0, 0.05) is 17.6 Å². The number of amidine groups is 2. The minimum atomic E-state index is -4.77. The molecule has 0 saturated heterocycles. The fourth-order valence-electron chi connectivity index (χ4n) is 4.03. The van der Waals surface area contributed by atoms with Crippen LogP contribution in [-0.4, -0.2) is 44.6 Å². The first-order chi connectivity index (χ1) is 22.3. The number of nitrogens with zero attached hydrogens (tertiary/aromatic N) is 4. The SMILES string of the molecule is Cc1cccc(C)c1N=C(N/N=C\c1ccc(C(N)=NC=Nc2ccc(OC(F)(F)F)cc2)cc1)SCc1ccc(S(C)(=O)=O)cc1. The van der Waals surface area contributed by atoms with Crippen molar-refractivity contribution in [3.05, 3.63) is 119 Å². The van der Waals surface area contributed by atoms with Crippen molar-refractivity contribution in [2.75, 3.05) is 6.26 Å². The maximum atomic E-state index is 12.3. The standard InChI is InChI=1S/C33H31F3N6O3S2/c1-22-5-4-6-23(2)30(22)41-32(46-20-25-9-17-29(18-10-25)47(3,43)44)42-40-19-24-7-11-26(12-8-24)31(37)39-21-38-27-13-15-28(16-14-27)45-33(34,35)36/h4-19,21H,20H2,1-3H3,(H,41,42)(H2,37,38,39)/b40-19-. The number of benzene rings is 4. The predicted octanol–water partition coefficient (Wildman–Crippen LogP) is 7.22. The number of sulfone groups is 1. The number of hydrogen-bond donors (Lipinski definition) is 2. The van der Waals surface area contributed by atoms with E-state index >= 15 is 0 Å². The Morgan fingerprint density at radius 1 is 0.936 bits per heavy atom. The van der Waals surface area contributed by atoms with Gasteiger partial charge < -0.3 is 10.5 Å². The van der Waals surface area contributed by atoms with Crippen LogP contribution in [0, 0.1) is 13.8 Å². The highest BCUT2D eigenvalue weighted by Gasteiger charge is 2.30. The van der Waals surface area contributed by atoms with Gasteiger partial charge in [0.2, 0.25) is 0 Å². The Hall–Kier alpha value is -4.95. The first-order valence-corrected chi connectivity index (χ1v) is 16.8. The zero-order valence-electron chi connectivity index (χ0n) is 25.6. The van der Waals surface area contributed by atoms with E-state index in [2.05, 4.69) is 25.2 Å². The Balaban J connectivity index is 1.41. The normalized spacial score (nSPS) is 13.0. The molecule has 0 atom stereocenters. The summed E-state index contributed by atoms with van der Waals surface area (Å²) < 4.78 is 64.4. The average molecular weight is 681 g/mol. The lowest BCUT2D eigenvalue weighted by Crippen LogP contribution is -2.16. The molecule has 0 saturated carbocycles. The van der Waals surface area contributed by atoms with E-state index in [0.29, 0.717) is 22.2 Å². The molecule has 0 fully saturated rings. The molecule has 0 aliphatic rings. The summed E-state index contributed by atoms with van der Waals surface area (Å²) in [6.07, 6.45) is -0.748.